The third kappa shape index (κ3) is 3.87. The maximum Gasteiger partial charge on any atom is 0.191 e. The Balaban J connectivity index is 1.77. The Morgan fingerprint density at radius 3 is 2.61 bits per heavy atom. The molecule has 156 valence electrons. The van der Waals surface area contributed by atoms with Gasteiger partial charge in [0.1, 0.15) is 11.6 Å². The highest BCUT2D eigenvalue weighted by atomic mass is 19.1. The number of nitrogens with one attached hydrogen (secondary N) is 2. The van der Waals surface area contributed by atoms with Gasteiger partial charge in [-0.1, -0.05) is 19.9 Å². The lowest BCUT2D eigenvalue weighted by Crippen LogP contribution is -2.68. The summed E-state index contributed by atoms with van der Waals surface area (Å²) in [5, 5.41) is 6.81. The zero-order valence-corrected chi connectivity index (χ0v) is 17.4. The van der Waals surface area contributed by atoms with Crippen LogP contribution in [0.5, 0.6) is 0 Å². The Morgan fingerprint density at radius 2 is 2.00 bits per heavy atom. The maximum absolute atomic E-state index is 14.3. The summed E-state index contributed by atoms with van der Waals surface area (Å²) in [5.41, 5.74) is 0.0796. The molecule has 3 rings (SSSR count). The molecule has 0 amide bonds. The van der Waals surface area contributed by atoms with E-state index in [-0.39, 0.29) is 29.7 Å². The zero-order chi connectivity index (χ0) is 20.5. The predicted molar refractivity (Wildman–Crippen MR) is 107 cm³/mol. The predicted octanol–water partition coefficient (Wildman–Crippen LogP) is 2.94. The molecule has 28 heavy (non-hydrogen) atoms. The fraction of sp³-hybridized carbons (Fsp3) is 0.667. The molecule has 2 N–H and O–H groups in total. The Bertz CT molecular complexity index is 702. The summed E-state index contributed by atoms with van der Waals surface area (Å²) in [4.78, 5) is 6.47. The lowest BCUT2D eigenvalue weighted by atomic mass is 9.57. The van der Waals surface area contributed by atoms with Gasteiger partial charge in [0.2, 0.25) is 0 Å². The maximum atomic E-state index is 14.3. The molecule has 1 aliphatic carbocycles. The first-order valence-electron chi connectivity index (χ1n) is 10.0. The fourth-order valence-corrected chi connectivity index (χ4v) is 4.60. The minimum atomic E-state index is -0.544. The van der Waals surface area contributed by atoms with Gasteiger partial charge in [-0.2, -0.15) is 0 Å². The van der Waals surface area contributed by atoms with Crippen LogP contribution in [0.2, 0.25) is 0 Å². The number of guanidine groups is 1. The van der Waals surface area contributed by atoms with Crippen molar-refractivity contribution in [1.82, 2.24) is 15.5 Å². The second-order valence-corrected chi connectivity index (χ2v) is 8.52. The first kappa shape index (κ1) is 21.0. The van der Waals surface area contributed by atoms with Crippen LogP contribution in [0.1, 0.15) is 38.8 Å². The first-order valence-corrected chi connectivity index (χ1v) is 10.0. The molecule has 1 aromatic carbocycles. The van der Waals surface area contributed by atoms with Gasteiger partial charge in [-0.15, -0.1) is 0 Å². The second-order valence-electron chi connectivity index (χ2n) is 8.52. The summed E-state index contributed by atoms with van der Waals surface area (Å²) in [7, 11) is 3.61. The molecule has 0 bridgehead atoms. The summed E-state index contributed by atoms with van der Waals surface area (Å²) in [6, 6.07) is 3.74. The Labute approximate surface area is 166 Å². The van der Waals surface area contributed by atoms with Crippen molar-refractivity contribution in [2.45, 2.75) is 45.4 Å². The van der Waals surface area contributed by atoms with Crippen LogP contribution in [0.3, 0.4) is 0 Å². The van der Waals surface area contributed by atoms with E-state index in [0.29, 0.717) is 18.4 Å². The van der Waals surface area contributed by atoms with Crippen LogP contribution in [-0.4, -0.2) is 56.8 Å². The first-order chi connectivity index (χ1) is 13.3. The van der Waals surface area contributed by atoms with E-state index < -0.39 is 17.7 Å². The van der Waals surface area contributed by atoms with Crippen molar-refractivity contribution >= 4 is 5.96 Å². The van der Waals surface area contributed by atoms with Crippen LogP contribution in [0.25, 0.3) is 0 Å². The fourth-order valence-electron chi connectivity index (χ4n) is 4.60. The van der Waals surface area contributed by atoms with E-state index in [0.717, 1.165) is 13.0 Å². The number of ether oxygens (including phenoxy) is 1. The lowest BCUT2D eigenvalue weighted by Gasteiger charge is -2.55. The van der Waals surface area contributed by atoms with Crippen LogP contribution >= 0.6 is 0 Å². The van der Waals surface area contributed by atoms with Gasteiger partial charge in [0.05, 0.1) is 18.7 Å². The number of nitrogens with zero attached hydrogens (tertiary/aromatic N) is 2. The smallest absolute Gasteiger partial charge is 0.191 e. The number of rotatable bonds is 6. The molecule has 4 atom stereocenters. The highest BCUT2D eigenvalue weighted by Gasteiger charge is 2.59. The number of hydrogen-bond donors (Lipinski definition) is 2. The van der Waals surface area contributed by atoms with Crippen molar-refractivity contribution < 1.29 is 13.5 Å². The summed E-state index contributed by atoms with van der Waals surface area (Å²) in [6.07, 6.45) is 1.33. The minimum Gasteiger partial charge on any atom is -0.377 e. The molecule has 4 unspecified atom stereocenters. The molecule has 0 spiro atoms. The van der Waals surface area contributed by atoms with Crippen LogP contribution in [0.4, 0.5) is 8.78 Å². The molecule has 0 radical (unpaired) electrons. The minimum absolute atomic E-state index is 0.0238. The Kier molecular flexibility index (Phi) is 6.25. The van der Waals surface area contributed by atoms with E-state index in [2.05, 4.69) is 29.5 Å². The standard InChI is InChI=1S/C21H32F2N4O/c1-6-24-20(26-18-13-10-11-28-19(13)21(18,2)3)25-12-16(27(4)5)17-14(22)8-7-9-15(17)23/h7-9,13,16,18-19H,6,10-12H2,1-5H3,(H2,24,25,26). The second kappa shape index (κ2) is 8.33. The van der Waals surface area contributed by atoms with E-state index in [1.807, 2.05) is 21.0 Å². The highest BCUT2D eigenvalue weighted by molar-refractivity contribution is 5.80. The van der Waals surface area contributed by atoms with Crippen molar-refractivity contribution in [3.8, 4) is 0 Å². The Hall–Kier alpha value is -1.73. The molecule has 1 heterocycles. The third-order valence-corrected chi connectivity index (χ3v) is 6.12. The quantitative estimate of drug-likeness (QED) is 0.575. The summed E-state index contributed by atoms with van der Waals surface area (Å²) < 4.78 is 34.5. The van der Waals surface area contributed by atoms with Gasteiger partial charge in [0.25, 0.3) is 0 Å². The molecule has 2 aliphatic rings. The van der Waals surface area contributed by atoms with Crippen molar-refractivity contribution in [3.63, 3.8) is 0 Å². The summed E-state index contributed by atoms with van der Waals surface area (Å²) in [6.45, 7) is 8.18. The third-order valence-electron chi connectivity index (χ3n) is 6.12. The largest absolute Gasteiger partial charge is 0.377 e. The van der Waals surface area contributed by atoms with Crippen molar-refractivity contribution in [3.05, 3.63) is 35.4 Å². The highest BCUT2D eigenvalue weighted by Crippen LogP contribution is 2.52. The molecule has 1 saturated heterocycles. The molecule has 1 saturated carbocycles. The van der Waals surface area contributed by atoms with E-state index in [1.54, 1.807) is 4.90 Å². The Morgan fingerprint density at radius 1 is 1.32 bits per heavy atom. The molecule has 0 aromatic heterocycles. The number of hydrogen-bond acceptors (Lipinski definition) is 3. The van der Waals surface area contributed by atoms with Crippen molar-refractivity contribution in [1.29, 1.82) is 0 Å². The SMILES string of the molecule is CCNC(=NCC(c1c(F)cccc1F)N(C)C)NC1C2CCOC2C1(C)C. The molecule has 2 fully saturated rings. The van der Waals surface area contributed by atoms with Gasteiger partial charge in [-0.25, -0.2) is 8.78 Å². The summed E-state index contributed by atoms with van der Waals surface area (Å²) >= 11 is 0. The number of fused-ring (bicyclic) bond motifs is 1. The zero-order valence-electron chi connectivity index (χ0n) is 17.4. The molecule has 5 nitrogen and oxygen atoms in total. The van der Waals surface area contributed by atoms with Crippen LogP contribution in [0.15, 0.2) is 23.2 Å². The van der Waals surface area contributed by atoms with Crippen LogP contribution < -0.4 is 10.6 Å². The lowest BCUT2D eigenvalue weighted by molar-refractivity contribution is -0.106. The van der Waals surface area contributed by atoms with E-state index in [1.165, 1.54) is 18.2 Å². The number of halogens is 2. The van der Waals surface area contributed by atoms with Gasteiger partial charge in [-0.3, -0.25) is 4.99 Å². The van der Waals surface area contributed by atoms with Crippen molar-refractivity contribution in [2.24, 2.45) is 16.3 Å². The van der Waals surface area contributed by atoms with E-state index >= 15 is 0 Å². The average molecular weight is 395 g/mol. The number of benzene rings is 1. The molecule has 1 aliphatic heterocycles. The van der Waals surface area contributed by atoms with Gasteiger partial charge in [-0.05, 0) is 39.6 Å². The topological polar surface area (TPSA) is 48.9 Å². The van der Waals surface area contributed by atoms with E-state index in [4.69, 9.17) is 4.74 Å². The molecular weight excluding hydrogens is 362 g/mol. The van der Waals surface area contributed by atoms with Crippen LogP contribution in [-0.2, 0) is 4.74 Å². The normalized spacial score (nSPS) is 27.3. The average Bonchev–Trinajstić information content (AvgIpc) is 3.08. The van der Waals surface area contributed by atoms with E-state index in [9.17, 15) is 8.78 Å². The van der Waals surface area contributed by atoms with Crippen molar-refractivity contribution in [2.75, 3.05) is 33.8 Å². The van der Waals surface area contributed by atoms with Gasteiger partial charge < -0.3 is 20.3 Å². The number of likely N-dealkylation sites (N-methyl/N-ethyl adjacent to an activating group) is 1. The molecular formula is C21H32F2N4O. The molecule has 1 aromatic rings. The number of aliphatic imine (C=N–C) groups is 1. The molecule has 7 heteroatoms. The van der Waals surface area contributed by atoms with Gasteiger partial charge in [0, 0.05) is 36.1 Å². The van der Waals surface area contributed by atoms with Gasteiger partial charge >= 0.3 is 0 Å². The monoisotopic (exact) mass is 394 g/mol. The van der Waals surface area contributed by atoms with Crippen LogP contribution in [0, 0.1) is 23.0 Å². The van der Waals surface area contributed by atoms with Gasteiger partial charge in [0.15, 0.2) is 5.96 Å². The summed E-state index contributed by atoms with van der Waals surface area (Å²) in [5.74, 6) is 0.0675.